The first-order chi connectivity index (χ1) is 8.78. The van der Waals surface area contributed by atoms with E-state index in [9.17, 15) is 9.90 Å². The van der Waals surface area contributed by atoms with Crippen molar-refractivity contribution in [1.82, 2.24) is 9.88 Å². The molecule has 0 saturated heterocycles. The number of hydrazine groups is 1. The van der Waals surface area contributed by atoms with Gasteiger partial charge < -0.3 is 15.4 Å². The van der Waals surface area contributed by atoms with Crippen molar-refractivity contribution in [1.29, 1.82) is 0 Å². The molecule has 1 aromatic rings. The highest BCUT2D eigenvalue weighted by Gasteiger charge is 2.24. The predicted molar refractivity (Wildman–Crippen MR) is 77.6 cm³/mol. The third-order valence-electron chi connectivity index (χ3n) is 2.47. The molecule has 0 bridgehead atoms. The summed E-state index contributed by atoms with van der Waals surface area (Å²) in [4.78, 5) is 18.0. The van der Waals surface area contributed by atoms with Crippen LogP contribution in [0.15, 0.2) is 16.7 Å². The van der Waals surface area contributed by atoms with Crippen LogP contribution in [0.4, 0.5) is 5.82 Å². The summed E-state index contributed by atoms with van der Waals surface area (Å²) >= 11 is 3.28. The Kier molecular flexibility index (Phi) is 5.28. The maximum atomic E-state index is 12.4. The van der Waals surface area contributed by atoms with Crippen molar-refractivity contribution in [3.63, 3.8) is 0 Å². The molecule has 4 N–H and O–H groups in total. The van der Waals surface area contributed by atoms with Gasteiger partial charge in [-0.2, -0.15) is 0 Å². The number of aliphatic hydroxyl groups is 1. The van der Waals surface area contributed by atoms with Gasteiger partial charge in [0.05, 0.1) is 11.2 Å². The summed E-state index contributed by atoms with van der Waals surface area (Å²) in [5.74, 6) is 5.44. The Morgan fingerprint density at radius 2 is 2.26 bits per heavy atom. The molecule has 1 aromatic heterocycles. The molecular formula is C12H19BrN4O2. The first-order valence-electron chi connectivity index (χ1n) is 5.92. The van der Waals surface area contributed by atoms with E-state index in [1.165, 1.54) is 0 Å². The number of rotatable bonds is 5. The number of nitrogens with one attached hydrogen (secondary N) is 1. The van der Waals surface area contributed by atoms with Crippen LogP contribution in [0.25, 0.3) is 0 Å². The quantitative estimate of drug-likeness (QED) is 0.560. The molecule has 0 aliphatic rings. The molecule has 0 spiro atoms. The highest BCUT2D eigenvalue weighted by Crippen LogP contribution is 2.20. The van der Waals surface area contributed by atoms with Crippen LogP contribution in [-0.2, 0) is 0 Å². The molecule has 106 valence electrons. The maximum absolute atomic E-state index is 12.4. The van der Waals surface area contributed by atoms with Gasteiger partial charge >= 0.3 is 0 Å². The number of amides is 1. The lowest BCUT2D eigenvalue weighted by atomic mass is 10.1. The van der Waals surface area contributed by atoms with Crippen molar-refractivity contribution in [3.8, 4) is 0 Å². The van der Waals surface area contributed by atoms with E-state index >= 15 is 0 Å². The Morgan fingerprint density at radius 1 is 1.63 bits per heavy atom. The molecule has 0 aliphatic carbocycles. The van der Waals surface area contributed by atoms with Crippen molar-refractivity contribution in [2.24, 2.45) is 5.84 Å². The van der Waals surface area contributed by atoms with Crippen LogP contribution in [0.1, 0.15) is 31.1 Å². The number of nitrogen functional groups attached to an aromatic ring is 1. The number of nitrogens with zero attached hydrogens (tertiary/aromatic N) is 2. The van der Waals surface area contributed by atoms with E-state index in [0.717, 1.165) is 0 Å². The average Bonchev–Trinajstić information content (AvgIpc) is 2.34. The van der Waals surface area contributed by atoms with Crippen molar-refractivity contribution in [3.05, 3.63) is 22.3 Å². The number of halogens is 1. The largest absolute Gasteiger partial charge is 0.389 e. The first kappa shape index (κ1) is 15.9. The number of hydrogen-bond acceptors (Lipinski definition) is 5. The second-order valence-corrected chi connectivity index (χ2v) is 5.74. The number of likely N-dealkylation sites (N-methyl/N-ethyl adjacent to an activating group) is 1. The molecule has 7 heteroatoms. The number of anilines is 1. The minimum atomic E-state index is -0.957. The van der Waals surface area contributed by atoms with Crippen LogP contribution in [-0.4, -0.2) is 39.6 Å². The second-order valence-electron chi connectivity index (χ2n) is 4.83. The van der Waals surface area contributed by atoms with Crippen LogP contribution in [0.5, 0.6) is 0 Å². The van der Waals surface area contributed by atoms with Gasteiger partial charge in [0.25, 0.3) is 5.91 Å². The molecule has 19 heavy (non-hydrogen) atoms. The molecule has 0 aromatic carbocycles. The van der Waals surface area contributed by atoms with E-state index < -0.39 is 5.60 Å². The number of aromatic nitrogens is 1. The summed E-state index contributed by atoms with van der Waals surface area (Å²) in [5.41, 5.74) is 1.81. The fourth-order valence-electron chi connectivity index (χ4n) is 1.68. The van der Waals surface area contributed by atoms with Crippen LogP contribution < -0.4 is 11.3 Å². The van der Waals surface area contributed by atoms with Gasteiger partial charge in [-0.15, -0.1) is 0 Å². The zero-order chi connectivity index (χ0) is 14.6. The summed E-state index contributed by atoms with van der Waals surface area (Å²) in [7, 11) is 0. The lowest BCUT2D eigenvalue weighted by Gasteiger charge is -2.28. The van der Waals surface area contributed by atoms with Crippen LogP contribution in [0.3, 0.4) is 0 Å². The Bertz CT molecular complexity index is 460. The normalized spacial score (nSPS) is 11.3. The molecule has 1 rings (SSSR count). The summed E-state index contributed by atoms with van der Waals surface area (Å²) in [6.07, 6.45) is 1.55. The van der Waals surface area contributed by atoms with Gasteiger partial charge in [-0.25, -0.2) is 10.8 Å². The highest BCUT2D eigenvalue weighted by atomic mass is 79.9. The monoisotopic (exact) mass is 330 g/mol. The lowest BCUT2D eigenvalue weighted by molar-refractivity contribution is 0.0315. The fraction of sp³-hybridized carbons (Fsp3) is 0.500. The van der Waals surface area contributed by atoms with E-state index in [2.05, 4.69) is 26.3 Å². The van der Waals surface area contributed by atoms with Crippen LogP contribution in [0.2, 0.25) is 0 Å². The van der Waals surface area contributed by atoms with Gasteiger partial charge in [-0.1, -0.05) is 0 Å². The molecule has 1 heterocycles. The van der Waals surface area contributed by atoms with Gasteiger partial charge in [0.15, 0.2) is 5.82 Å². The number of hydrogen-bond donors (Lipinski definition) is 3. The van der Waals surface area contributed by atoms with Crippen molar-refractivity contribution < 1.29 is 9.90 Å². The van der Waals surface area contributed by atoms with E-state index in [1.807, 2.05) is 6.92 Å². The lowest BCUT2D eigenvalue weighted by Crippen LogP contribution is -2.42. The fourth-order valence-corrected chi connectivity index (χ4v) is 2.01. The maximum Gasteiger partial charge on any atom is 0.257 e. The summed E-state index contributed by atoms with van der Waals surface area (Å²) in [6, 6.07) is 1.65. The van der Waals surface area contributed by atoms with Crippen LogP contribution in [0, 0.1) is 0 Å². The van der Waals surface area contributed by atoms with Gasteiger partial charge in [-0.3, -0.25) is 4.79 Å². The Labute approximate surface area is 121 Å². The van der Waals surface area contributed by atoms with E-state index in [-0.39, 0.29) is 12.5 Å². The highest BCUT2D eigenvalue weighted by molar-refractivity contribution is 9.10. The topological polar surface area (TPSA) is 91.5 Å². The molecule has 0 radical (unpaired) electrons. The second kappa shape index (κ2) is 6.31. The van der Waals surface area contributed by atoms with E-state index in [4.69, 9.17) is 5.84 Å². The SMILES string of the molecule is CCN(CC(C)(C)O)C(=O)c1cc(Br)cnc1NN. The standard InChI is InChI=1S/C12H19BrN4O2/c1-4-17(7-12(2,3)19)11(18)9-5-8(13)6-15-10(9)16-14/h5-6,19H,4,7,14H2,1-3H3,(H,15,16). The molecule has 1 amide bonds. The predicted octanol–water partition coefficient (Wildman–Crippen LogP) is 1.36. The molecule has 0 saturated carbocycles. The first-order valence-corrected chi connectivity index (χ1v) is 6.71. The summed E-state index contributed by atoms with van der Waals surface area (Å²) in [5, 5.41) is 9.84. The number of pyridine rings is 1. The van der Waals surface area contributed by atoms with E-state index in [1.54, 1.807) is 31.0 Å². The zero-order valence-electron chi connectivity index (χ0n) is 11.3. The number of carbonyl (C=O) groups is 1. The minimum absolute atomic E-state index is 0.230. The summed E-state index contributed by atoms with van der Waals surface area (Å²) < 4.78 is 0.689. The van der Waals surface area contributed by atoms with Crippen molar-refractivity contribution in [2.75, 3.05) is 18.5 Å². The van der Waals surface area contributed by atoms with Gasteiger partial charge in [0, 0.05) is 23.8 Å². The van der Waals surface area contributed by atoms with Gasteiger partial charge in [0.2, 0.25) is 0 Å². The molecule has 6 nitrogen and oxygen atoms in total. The van der Waals surface area contributed by atoms with Crippen molar-refractivity contribution in [2.45, 2.75) is 26.4 Å². The minimum Gasteiger partial charge on any atom is -0.389 e. The molecule has 0 unspecified atom stereocenters. The van der Waals surface area contributed by atoms with Crippen molar-refractivity contribution >= 4 is 27.7 Å². The average molecular weight is 331 g/mol. The smallest absolute Gasteiger partial charge is 0.257 e. The third-order valence-corrected chi connectivity index (χ3v) is 2.90. The number of carbonyl (C=O) groups excluding carboxylic acids is 1. The molecular weight excluding hydrogens is 312 g/mol. The Hall–Kier alpha value is -1.18. The Morgan fingerprint density at radius 3 is 2.74 bits per heavy atom. The molecule has 0 aliphatic heterocycles. The molecule has 0 fully saturated rings. The number of nitrogens with two attached hydrogens (primary N) is 1. The Balaban J connectivity index is 3.06. The van der Waals surface area contributed by atoms with E-state index in [0.29, 0.717) is 22.4 Å². The van der Waals surface area contributed by atoms with Crippen LogP contribution >= 0.6 is 15.9 Å². The van der Waals surface area contributed by atoms with Gasteiger partial charge in [0.1, 0.15) is 0 Å². The van der Waals surface area contributed by atoms with Gasteiger partial charge in [-0.05, 0) is 42.8 Å². The third kappa shape index (κ3) is 4.45. The molecule has 0 atom stereocenters. The zero-order valence-corrected chi connectivity index (χ0v) is 12.9. The summed E-state index contributed by atoms with van der Waals surface area (Å²) in [6.45, 7) is 5.89.